The fourth-order valence-corrected chi connectivity index (χ4v) is 1.99. The molecule has 2 aliphatic heterocycles. The number of hydrogen-bond acceptors (Lipinski definition) is 4. The van der Waals surface area contributed by atoms with Crippen molar-refractivity contribution in [1.29, 1.82) is 0 Å². The van der Waals surface area contributed by atoms with E-state index in [1.54, 1.807) is 6.21 Å². The number of nitrogens with zero attached hydrogens (tertiary/aromatic N) is 3. The molecule has 1 atom stereocenters. The summed E-state index contributed by atoms with van der Waals surface area (Å²) in [4.78, 5) is 19.3. The van der Waals surface area contributed by atoms with Gasteiger partial charge in [0.1, 0.15) is 11.9 Å². The minimum absolute atomic E-state index is 0.0562. The van der Waals surface area contributed by atoms with Gasteiger partial charge in [0.2, 0.25) is 5.70 Å². The molecule has 0 spiro atoms. The van der Waals surface area contributed by atoms with Gasteiger partial charge >= 0.3 is 11.8 Å². The van der Waals surface area contributed by atoms with E-state index in [2.05, 4.69) is 9.98 Å². The summed E-state index contributed by atoms with van der Waals surface area (Å²) in [7, 11) is 0. The van der Waals surface area contributed by atoms with Gasteiger partial charge in [-0.2, -0.15) is 10.8 Å². The van der Waals surface area contributed by atoms with Crippen molar-refractivity contribution in [3.05, 3.63) is 23.8 Å². The van der Waals surface area contributed by atoms with E-state index in [1.807, 2.05) is 0 Å². The largest absolute Gasteiger partial charge is 0.472 e. The molecule has 0 aromatic carbocycles. The van der Waals surface area contributed by atoms with Crippen molar-refractivity contribution >= 4 is 18.0 Å². The van der Waals surface area contributed by atoms with Gasteiger partial charge in [-0.1, -0.05) is 0 Å². The number of hydrogen-bond donors (Lipinski definition) is 2. The number of quaternary nitrogens is 1. The number of rotatable bonds is 2. The Balaban J connectivity index is 2.15. The van der Waals surface area contributed by atoms with E-state index in [0.717, 1.165) is 18.5 Å². The molecule has 3 N–H and O–H groups in total. The number of carboxylic acids is 1. The van der Waals surface area contributed by atoms with E-state index >= 15 is 0 Å². The van der Waals surface area contributed by atoms with Gasteiger partial charge in [-0.25, -0.2) is 4.79 Å². The summed E-state index contributed by atoms with van der Waals surface area (Å²) in [5.41, 5.74) is 1.47. The average molecular weight is 219 g/mol. The van der Waals surface area contributed by atoms with E-state index in [0.29, 0.717) is 11.6 Å². The van der Waals surface area contributed by atoms with E-state index < -0.39 is 5.97 Å². The van der Waals surface area contributed by atoms with Crippen LogP contribution in [0.4, 0.5) is 0 Å². The minimum Gasteiger partial charge on any atom is -0.472 e. The first-order valence-corrected chi connectivity index (χ1v) is 5.08. The van der Waals surface area contributed by atoms with Gasteiger partial charge in [0, 0.05) is 5.92 Å². The third-order valence-corrected chi connectivity index (χ3v) is 2.98. The molecule has 82 valence electrons. The first kappa shape index (κ1) is 9.44. The molecule has 1 saturated carbocycles. The van der Waals surface area contributed by atoms with E-state index in [9.17, 15) is 4.79 Å². The molecule has 1 unspecified atom stereocenters. The van der Waals surface area contributed by atoms with Gasteiger partial charge in [-0.3, -0.25) is 4.99 Å². The molecular weight excluding hydrogens is 208 g/mol. The first-order valence-electron chi connectivity index (χ1n) is 5.08. The van der Waals surface area contributed by atoms with Crippen molar-refractivity contribution in [2.45, 2.75) is 12.8 Å². The molecule has 0 aromatic rings. The number of nitrogens with two attached hydrogens (primary N) is 1. The lowest BCUT2D eigenvalue weighted by Crippen LogP contribution is -2.55. The molecule has 0 radical (unpaired) electrons. The monoisotopic (exact) mass is 219 g/mol. The summed E-state index contributed by atoms with van der Waals surface area (Å²) in [5.74, 6) is 5.26. The molecule has 3 aliphatic rings. The molecule has 3 rings (SSSR count). The Morgan fingerprint density at radius 2 is 2.31 bits per heavy atom. The lowest BCUT2D eigenvalue weighted by atomic mass is 10.2. The molecule has 1 aliphatic carbocycles. The van der Waals surface area contributed by atoms with Crippen molar-refractivity contribution in [2.24, 2.45) is 21.7 Å². The van der Waals surface area contributed by atoms with Crippen LogP contribution in [0.15, 0.2) is 33.8 Å². The highest BCUT2D eigenvalue weighted by atomic mass is 16.4. The molecule has 0 saturated heterocycles. The maximum atomic E-state index is 11.1. The quantitative estimate of drug-likeness (QED) is 0.519. The summed E-state index contributed by atoms with van der Waals surface area (Å²) in [6.07, 6.45) is 6.74. The summed E-state index contributed by atoms with van der Waals surface area (Å²) in [6, 6.07) is 0. The Labute approximate surface area is 91.7 Å². The van der Waals surface area contributed by atoms with Crippen LogP contribution in [0, 0.1) is 5.92 Å². The lowest BCUT2D eigenvalue weighted by Gasteiger charge is -2.23. The normalized spacial score (nSPS) is 31.7. The SMILES string of the molecule is N[N+]12C=CN=CC1=C(C1CC1)N=C2C(=O)O. The molecule has 6 heteroatoms. The zero-order valence-electron chi connectivity index (χ0n) is 8.50. The lowest BCUT2D eigenvalue weighted by molar-refractivity contribution is -0.749. The number of fused-ring (bicyclic) bond motifs is 1. The molecule has 0 aromatic heterocycles. The second-order valence-corrected chi connectivity index (χ2v) is 4.14. The second-order valence-electron chi connectivity index (χ2n) is 4.14. The molecule has 1 fully saturated rings. The first-order chi connectivity index (χ1) is 7.63. The zero-order chi connectivity index (χ0) is 11.3. The summed E-state index contributed by atoms with van der Waals surface area (Å²) < 4.78 is -0.356. The van der Waals surface area contributed by atoms with E-state index in [4.69, 9.17) is 10.9 Å². The van der Waals surface area contributed by atoms with Gasteiger partial charge < -0.3 is 5.11 Å². The highest BCUT2D eigenvalue weighted by Crippen LogP contribution is 2.43. The van der Waals surface area contributed by atoms with E-state index in [-0.39, 0.29) is 10.4 Å². The molecule has 0 amide bonds. The third kappa shape index (κ3) is 1.11. The number of aliphatic imine (C=N–C) groups is 2. The number of aliphatic carboxylic acids is 1. The Morgan fingerprint density at radius 1 is 1.56 bits per heavy atom. The van der Waals surface area contributed by atoms with Crippen LogP contribution in [0.5, 0.6) is 0 Å². The second kappa shape index (κ2) is 2.87. The van der Waals surface area contributed by atoms with Crippen molar-refractivity contribution < 1.29 is 14.5 Å². The molecule has 0 bridgehead atoms. The minimum atomic E-state index is -1.09. The van der Waals surface area contributed by atoms with E-state index in [1.165, 1.54) is 12.4 Å². The van der Waals surface area contributed by atoms with Crippen LogP contribution >= 0.6 is 0 Å². The van der Waals surface area contributed by atoms with Gasteiger partial charge in [0.25, 0.3) is 0 Å². The highest BCUT2D eigenvalue weighted by Gasteiger charge is 2.50. The Bertz CT molecular complexity index is 499. The van der Waals surface area contributed by atoms with Crippen molar-refractivity contribution in [3.8, 4) is 0 Å². The number of amidine groups is 1. The van der Waals surface area contributed by atoms with Crippen molar-refractivity contribution in [1.82, 2.24) is 0 Å². The maximum absolute atomic E-state index is 11.1. The fraction of sp³-hybridized carbons (Fsp3) is 0.300. The Kier molecular flexibility index (Phi) is 1.69. The average Bonchev–Trinajstić information content (AvgIpc) is 3.00. The zero-order valence-corrected chi connectivity index (χ0v) is 8.50. The van der Waals surface area contributed by atoms with Gasteiger partial charge in [-0.05, 0) is 12.8 Å². The van der Waals surface area contributed by atoms with Crippen LogP contribution in [0.1, 0.15) is 12.8 Å². The predicted octanol–water partition coefficient (Wildman–Crippen LogP) is 0.351. The van der Waals surface area contributed by atoms with Crippen LogP contribution in [0.2, 0.25) is 0 Å². The van der Waals surface area contributed by atoms with Crippen LogP contribution in [0.25, 0.3) is 0 Å². The fourth-order valence-electron chi connectivity index (χ4n) is 1.99. The van der Waals surface area contributed by atoms with Crippen LogP contribution in [0.3, 0.4) is 0 Å². The third-order valence-electron chi connectivity index (χ3n) is 2.98. The smallest absolute Gasteiger partial charge is 0.414 e. The van der Waals surface area contributed by atoms with Crippen LogP contribution in [-0.4, -0.2) is 27.7 Å². The summed E-state index contributed by atoms with van der Waals surface area (Å²) in [6.45, 7) is 0. The Morgan fingerprint density at radius 3 is 2.94 bits per heavy atom. The number of carboxylic acid groups (broad SMARTS) is 1. The predicted molar refractivity (Wildman–Crippen MR) is 56.9 cm³/mol. The topological polar surface area (TPSA) is 88.0 Å². The number of allylic oxidation sites excluding steroid dienone is 2. The molecule has 16 heavy (non-hydrogen) atoms. The van der Waals surface area contributed by atoms with Crippen LogP contribution < -0.4 is 5.84 Å². The van der Waals surface area contributed by atoms with Crippen LogP contribution in [-0.2, 0) is 4.79 Å². The maximum Gasteiger partial charge on any atom is 0.414 e. The summed E-state index contributed by atoms with van der Waals surface area (Å²) >= 11 is 0. The molecule has 6 nitrogen and oxygen atoms in total. The highest BCUT2D eigenvalue weighted by molar-refractivity contribution is 6.32. The van der Waals surface area contributed by atoms with Gasteiger partial charge in [-0.15, -0.1) is 4.59 Å². The molecular formula is C10H11N4O2+. The van der Waals surface area contributed by atoms with Crippen molar-refractivity contribution in [3.63, 3.8) is 0 Å². The van der Waals surface area contributed by atoms with Gasteiger partial charge in [0.05, 0.1) is 12.4 Å². The summed E-state index contributed by atoms with van der Waals surface area (Å²) in [5, 5.41) is 9.11. The number of carbonyl (C=O) groups is 1. The standard InChI is InChI=1S/C10H10N4O2/c11-14-4-3-12-5-7(14)8(6-1-2-6)13-9(14)10(15)16/h3-6H,1-2,11H2/p+1. The van der Waals surface area contributed by atoms with Crippen molar-refractivity contribution in [2.75, 3.05) is 0 Å². The molecule has 2 heterocycles. The van der Waals surface area contributed by atoms with Gasteiger partial charge in [0.15, 0.2) is 0 Å². The Hall–Kier alpha value is -1.79.